The first-order valence-corrected chi connectivity index (χ1v) is 8.91. The van der Waals surface area contributed by atoms with E-state index in [0.29, 0.717) is 31.1 Å². The molecule has 116 valence electrons. The summed E-state index contributed by atoms with van der Waals surface area (Å²) in [4.78, 5) is 0.198. The van der Waals surface area contributed by atoms with Gasteiger partial charge in [0, 0.05) is 23.9 Å². The van der Waals surface area contributed by atoms with Crippen LogP contribution in [-0.2, 0) is 19.5 Å². The molecule has 0 aromatic heterocycles. The average molecular weight is 332 g/mol. The fraction of sp³-hybridized carbons (Fsp3) is 0.571. The lowest BCUT2D eigenvalue weighted by Gasteiger charge is -2.35. The summed E-state index contributed by atoms with van der Waals surface area (Å²) in [5.74, 6) is -0.474. The molecule has 1 spiro atoms. The second-order valence-corrected chi connectivity index (χ2v) is 7.61. The van der Waals surface area contributed by atoms with Gasteiger partial charge < -0.3 is 9.47 Å². The molecule has 0 unspecified atom stereocenters. The van der Waals surface area contributed by atoms with Crippen molar-refractivity contribution < 1.29 is 17.9 Å². The van der Waals surface area contributed by atoms with Gasteiger partial charge >= 0.3 is 0 Å². The van der Waals surface area contributed by atoms with E-state index < -0.39 is 15.8 Å². The molecule has 1 aromatic rings. The van der Waals surface area contributed by atoms with Crippen LogP contribution in [0.4, 0.5) is 0 Å². The van der Waals surface area contributed by atoms with Crippen molar-refractivity contribution in [3.8, 4) is 0 Å². The van der Waals surface area contributed by atoms with Crippen LogP contribution in [0.25, 0.3) is 0 Å². The molecular formula is C14H18ClNO4S. The molecule has 1 aliphatic carbocycles. The second-order valence-electron chi connectivity index (χ2n) is 5.46. The van der Waals surface area contributed by atoms with Crippen LogP contribution in [0, 0.1) is 0 Å². The molecule has 2 fully saturated rings. The molecular weight excluding hydrogens is 314 g/mol. The third kappa shape index (κ3) is 3.40. The van der Waals surface area contributed by atoms with Crippen LogP contribution in [0.2, 0.25) is 5.02 Å². The molecule has 1 aliphatic heterocycles. The van der Waals surface area contributed by atoms with E-state index in [1.54, 1.807) is 18.2 Å². The largest absolute Gasteiger partial charge is 0.348 e. The zero-order chi connectivity index (χ0) is 14.9. The van der Waals surface area contributed by atoms with Crippen molar-refractivity contribution >= 4 is 21.6 Å². The van der Waals surface area contributed by atoms with E-state index in [-0.39, 0.29) is 10.9 Å². The lowest BCUT2D eigenvalue weighted by atomic mass is 9.91. The smallest absolute Gasteiger partial charge is 0.240 e. The van der Waals surface area contributed by atoms with E-state index in [0.717, 1.165) is 12.8 Å². The van der Waals surface area contributed by atoms with Crippen molar-refractivity contribution in [3.05, 3.63) is 29.3 Å². The predicted octanol–water partition coefficient (Wildman–Crippen LogP) is 2.30. The van der Waals surface area contributed by atoms with Crippen molar-refractivity contribution in [2.75, 3.05) is 13.2 Å². The maximum atomic E-state index is 12.3. The molecule has 0 radical (unpaired) electrons. The number of hydrogen-bond acceptors (Lipinski definition) is 4. The zero-order valence-corrected chi connectivity index (χ0v) is 13.1. The third-order valence-corrected chi connectivity index (χ3v) is 5.74. The molecule has 21 heavy (non-hydrogen) atoms. The molecule has 5 nitrogen and oxygen atoms in total. The Bertz CT molecular complexity index is 603. The fourth-order valence-electron chi connectivity index (χ4n) is 2.88. The highest BCUT2D eigenvalue weighted by Crippen LogP contribution is 2.36. The van der Waals surface area contributed by atoms with E-state index in [2.05, 4.69) is 4.72 Å². The van der Waals surface area contributed by atoms with Crippen molar-refractivity contribution in [1.82, 2.24) is 4.72 Å². The third-order valence-electron chi connectivity index (χ3n) is 3.99. The van der Waals surface area contributed by atoms with Gasteiger partial charge in [-0.05, 0) is 31.0 Å². The van der Waals surface area contributed by atoms with Crippen LogP contribution in [0.5, 0.6) is 0 Å². The topological polar surface area (TPSA) is 64.6 Å². The Morgan fingerprint density at radius 1 is 1.19 bits per heavy atom. The van der Waals surface area contributed by atoms with Crippen LogP contribution >= 0.6 is 11.6 Å². The minimum Gasteiger partial charge on any atom is -0.348 e. The van der Waals surface area contributed by atoms with Crippen LogP contribution in [0.15, 0.2) is 29.2 Å². The molecule has 1 N–H and O–H groups in total. The molecule has 1 aromatic carbocycles. The normalized spacial score (nSPS) is 22.7. The first-order chi connectivity index (χ1) is 9.99. The summed E-state index contributed by atoms with van der Waals surface area (Å²) in [5, 5.41) is 0.410. The van der Waals surface area contributed by atoms with Gasteiger partial charge in [0.2, 0.25) is 10.0 Å². The number of ether oxygens (including phenoxy) is 2. The van der Waals surface area contributed by atoms with Gasteiger partial charge in [0.15, 0.2) is 5.79 Å². The standard InChI is InChI=1S/C14H18ClNO4S/c15-11-2-1-3-13(10-11)21(17,18)16-12-4-6-14(7-5-12)19-8-9-20-14/h1-3,10,12,16H,4-9H2. The summed E-state index contributed by atoms with van der Waals surface area (Å²) in [6, 6.07) is 6.19. The van der Waals surface area contributed by atoms with Gasteiger partial charge in [-0.15, -0.1) is 0 Å². The molecule has 2 aliphatic rings. The highest BCUT2D eigenvalue weighted by atomic mass is 35.5. The molecule has 0 bridgehead atoms. The minimum absolute atomic E-state index is 0.0904. The van der Waals surface area contributed by atoms with Crippen LogP contribution in [0.1, 0.15) is 25.7 Å². The van der Waals surface area contributed by atoms with Crippen molar-refractivity contribution in [2.24, 2.45) is 0 Å². The first-order valence-electron chi connectivity index (χ1n) is 7.05. The van der Waals surface area contributed by atoms with Gasteiger partial charge in [-0.3, -0.25) is 0 Å². The van der Waals surface area contributed by atoms with Gasteiger partial charge in [0.25, 0.3) is 0 Å². The van der Waals surface area contributed by atoms with E-state index >= 15 is 0 Å². The summed E-state index contributed by atoms with van der Waals surface area (Å²) >= 11 is 5.85. The molecule has 3 rings (SSSR count). The number of benzene rings is 1. The lowest BCUT2D eigenvalue weighted by molar-refractivity contribution is -0.178. The van der Waals surface area contributed by atoms with Gasteiger partial charge in [-0.25, -0.2) is 13.1 Å². The second kappa shape index (κ2) is 5.85. The monoisotopic (exact) mass is 331 g/mol. The maximum absolute atomic E-state index is 12.3. The molecule has 7 heteroatoms. The Morgan fingerprint density at radius 3 is 2.48 bits per heavy atom. The Hall–Kier alpha value is -0.660. The SMILES string of the molecule is O=S(=O)(NC1CCC2(CC1)OCCO2)c1cccc(Cl)c1. The summed E-state index contributed by atoms with van der Waals surface area (Å²) in [5.41, 5.74) is 0. The molecule has 1 saturated carbocycles. The number of sulfonamides is 1. The minimum atomic E-state index is -3.53. The van der Waals surface area contributed by atoms with Crippen molar-refractivity contribution in [2.45, 2.75) is 42.4 Å². The lowest BCUT2D eigenvalue weighted by Crippen LogP contribution is -2.43. The number of hydrogen-bond donors (Lipinski definition) is 1. The van der Waals surface area contributed by atoms with Crippen molar-refractivity contribution in [1.29, 1.82) is 0 Å². The van der Waals surface area contributed by atoms with Gasteiger partial charge in [-0.1, -0.05) is 17.7 Å². The molecule has 0 amide bonds. The zero-order valence-electron chi connectivity index (χ0n) is 11.5. The molecule has 0 atom stereocenters. The number of halogens is 1. The summed E-state index contributed by atoms with van der Waals surface area (Å²) < 4.78 is 38.7. The van der Waals surface area contributed by atoms with E-state index in [4.69, 9.17) is 21.1 Å². The van der Waals surface area contributed by atoms with Crippen LogP contribution < -0.4 is 4.72 Å². The quantitative estimate of drug-likeness (QED) is 0.923. The maximum Gasteiger partial charge on any atom is 0.240 e. The molecule has 1 heterocycles. The van der Waals surface area contributed by atoms with E-state index in [1.807, 2.05) is 0 Å². The Labute approximate surface area is 129 Å². The Kier molecular flexibility index (Phi) is 4.25. The van der Waals surface area contributed by atoms with Crippen LogP contribution in [-0.4, -0.2) is 33.5 Å². The van der Waals surface area contributed by atoms with Gasteiger partial charge in [-0.2, -0.15) is 0 Å². The average Bonchev–Trinajstić information content (AvgIpc) is 2.90. The Balaban J connectivity index is 1.64. The highest BCUT2D eigenvalue weighted by Gasteiger charge is 2.41. The van der Waals surface area contributed by atoms with Crippen molar-refractivity contribution in [3.63, 3.8) is 0 Å². The van der Waals surface area contributed by atoms with E-state index in [9.17, 15) is 8.42 Å². The predicted molar refractivity (Wildman–Crippen MR) is 78.7 cm³/mol. The summed E-state index contributed by atoms with van der Waals surface area (Å²) in [6.45, 7) is 1.25. The van der Waals surface area contributed by atoms with Gasteiger partial charge in [0.05, 0.1) is 18.1 Å². The van der Waals surface area contributed by atoms with Crippen LogP contribution in [0.3, 0.4) is 0 Å². The number of nitrogens with one attached hydrogen (secondary N) is 1. The summed E-state index contributed by atoms with van der Waals surface area (Å²) in [6.07, 6.45) is 2.85. The van der Waals surface area contributed by atoms with Gasteiger partial charge in [0.1, 0.15) is 0 Å². The molecule has 1 saturated heterocycles. The fourth-order valence-corrected chi connectivity index (χ4v) is 4.49. The highest BCUT2D eigenvalue weighted by molar-refractivity contribution is 7.89. The first kappa shape index (κ1) is 15.2. The van der Waals surface area contributed by atoms with E-state index in [1.165, 1.54) is 6.07 Å². The Morgan fingerprint density at radius 2 is 1.86 bits per heavy atom. The summed E-state index contributed by atoms with van der Waals surface area (Å²) in [7, 11) is -3.53. The number of rotatable bonds is 3.